The van der Waals surface area contributed by atoms with Crippen LogP contribution in [0.4, 0.5) is 0 Å². The molecule has 9 heteroatoms. The number of thiophene rings is 1. The summed E-state index contributed by atoms with van der Waals surface area (Å²) in [7, 11) is 1.52. The highest BCUT2D eigenvalue weighted by Gasteiger charge is 2.27. The van der Waals surface area contributed by atoms with Crippen molar-refractivity contribution in [1.82, 2.24) is 19.4 Å². The van der Waals surface area contributed by atoms with Crippen molar-refractivity contribution < 1.29 is 14.6 Å². The molecule has 3 aromatic heterocycles. The normalized spacial score (nSPS) is 15.1. The van der Waals surface area contributed by atoms with Gasteiger partial charge in [0.05, 0.1) is 23.9 Å². The largest absolute Gasteiger partial charge is 0.494 e. The molecule has 0 aliphatic carbocycles. The maximum Gasteiger partial charge on any atom is 0.265 e. The van der Waals surface area contributed by atoms with Gasteiger partial charge in [0.1, 0.15) is 10.3 Å². The molecular formula is C26H30N4O4S. The Bertz CT molecular complexity index is 1380. The van der Waals surface area contributed by atoms with Gasteiger partial charge < -0.3 is 29.2 Å². The van der Waals surface area contributed by atoms with Crippen LogP contribution in [0, 0.1) is 0 Å². The van der Waals surface area contributed by atoms with Crippen molar-refractivity contribution in [2.45, 2.75) is 32.0 Å². The summed E-state index contributed by atoms with van der Waals surface area (Å²) in [6, 6.07) is 11.8. The predicted molar refractivity (Wildman–Crippen MR) is 139 cm³/mol. The molecule has 2 N–H and O–H groups in total. The highest BCUT2D eigenvalue weighted by atomic mass is 32.1. The third-order valence-electron chi connectivity index (χ3n) is 6.76. The van der Waals surface area contributed by atoms with Crippen LogP contribution in [0.2, 0.25) is 0 Å². The van der Waals surface area contributed by atoms with E-state index < -0.39 is 0 Å². The van der Waals surface area contributed by atoms with Gasteiger partial charge in [0.2, 0.25) is 0 Å². The Morgan fingerprint density at radius 2 is 1.86 bits per heavy atom. The number of nitrogens with zero attached hydrogens (tertiary/aromatic N) is 3. The predicted octanol–water partition coefficient (Wildman–Crippen LogP) is 2.91. The number of β-amino-alcohol motifs (C(OH)–C–C–N with tert-alkyl or cyclic N) is 1. The number of piperidine rings is 1. The van der Waals surface area contributed by atoms with Crippen LogP contribution in [0.1, 0.15) is 22.5 Å². The van der Waals surface area contributed by atoms with Crippen molar-refractivity contribution >= 4 is 38.2 Å². The van der Waals surface area contributed by atoms with Crippen LogP contribution < -0.4 is 15.6 Å². The number of hydrogen-bond acceptors (Lipinski definition) is 6. The zero-order valence-corrected chi connectivity index (χ0v) is 20.6. The molecule has 0 radical (unpaired) electrons. The highest BCUT2D eigenvalue weighted by Crippen LogP contribution is 2.39. The van der Waals surface area contributed by atoms with Gasteiger partial charge in [-0.2, -0.15) is 0 Å². The minimum Gasteiger partial charge on any atom is -0.494 e. The molecule has 1 amide bonds. The van der Waals surface area contributed by atoms with Crippen molar-refractivity contribution in [3.05, 3.63) is 64.0 Å². The minimum atomic E-state index is -0.203. The minimum absolute atomic E-state index is 0.0577. The summed E-state index contributed by atoms with van der Waals surface area (Å²) in [4.78, 5) is 29.7. The molecule has 4 aromatic rings. The van der Waals surface area contributed by atoms with Gasteiger partial charge in [-0.1, -0.05) is 18.2 Å². The van der Waals surface area contributed by atoms with Gasteiger partial charge in [-0.25, -0.2) is 0 Å². The average molecular weight is 495 g/mol. The molecule has 1 saturated heterocycles. The van der Waals surface area contributed by atoms with E-state index in [-0.39, 0.29) is 24.1 Å². The summed E-state index contributed by atoms with van der Waals surface area (Å²) in [5.41, 5.74) is 0.708. The molecule has 35 heavy (non-hydrogen) atoms. The van der Waals surface area contributed by atoms with E-state index in [4.69, 9.17) is 9.84 Å². The fraction of sp³-hybridized carbons (Fsp3) is 0.385. The Hall–Kier alpha value is -3.14. The van der Waals surface area contributed by atoms with Crippen LogP contribution in [0.25, 0.3) is 21.0 Å². The first-order valence-electron chi connectivity index (χ1n) is 12.0. The number of aromatic nitrogens is 2. The van der Waals surface area contributed by atoms with Gasteiger partial charge in [-0.15, -0.1) is 11.3 Å². The van der Waals surface area contributed by atoms with E-state index in [2.05, 4.69) is 10.2 Å². The molecule has 0 spiro atoms. The van der Waals surface area contributed by atoms with Crippen molar-refractivity contribution in [3.63, 3.8) is 0 Å². The third-order valence-corrected chi connectivity index (χ3v) is 7.96. The second kappa shape index (κ2) is 10.2. The summed E-state index contributed by atoms with van der Waals surface area (Å²) in [5, 5.41) is 13.7. The van der Waals surface area contributed by atoms with Gasteiger partial charge in [0, 0.05) is 56.5 Å². The molecular weight excluding hydrogens is 464 g/mol. The zero-order valence-electron chi connectivity index (χ0n) is 19.8. The molecule has 0 bridgehead atoms. The summed E-state index contributed by atoms with van der Waals surface area (Å²) in [6.07, 6.45) is 5.61. The van der Waals surface area contributed by atoms with Crippen molar-refractivity contribution in [2.24, 2.45) is 0 Å². The number of carbonyl (C=O) groups excluding carboxylic acids is 1. The van der Waals surface area contributed by atoms with E-state index in [0.29, 0.717) is 35.6 Å². The van der Waals surface area contributed by atoms with Crippen LogP contribution in [0.5, 0.6) is 5.75 Å². The zero-order chi connectivity index (χ0) is 24.4. The van der Waals surface area contributed by atoms with E-state index in [0.717, 1.165) is 41.5 Å². The monoisotopic (exact) mass is 494 g/mol. The van der Waals surface area contributed by atoms with E-state index in [1.165, 1.54) is 18.4 Å². The number of rotatable bonds is 8. The Balaban J connectivity index is 1.50. The third kappa shape index (κ3) is 4.59. The number of aliphatic hydroxyl groups is 1. The molecule has 1 fully saturated rings. The number of likely N-dealkylation sites (tertiary alicyclic amines) is 1. The van der Waals surface area contributed by atoms with Gasteiger partial charge in [-0.3, -0.25) is 9.59 Å². The molecule has 0 atom stereocenters. The topological polar surface area (TPSA) is 88.7 Å². The lowest BCUT2D eigenvalue weighted by molar-refractivity contribution is 0.0904. The molecule has 0 saturated carbocycles. The Morgan fingerprint density at radius 3 is 2.57 bits per heavy atom. The molecule has 0 unspecified atom stereocenters. The Labute approximate surface area is 207 Å². The van der Waals surface area contributed by atoms with Crippen molar-refractivity contribution in [2.75, 3.05) is 33.4 Å². The molecule has 1 aliphatic heterocycles. The number of fused-ring (bicyclic) bond motifs is 3. The fourth-order valence-corrected chi connectivity index (χ4v) is 6.14. The fourth-order valence-electron chi connectivity index (χ4n) is 4.94. The van der Waals surface area contributed by atoms with E-state index >= 15 is 0 Å². The van der Waals surface area contributed by atoms with Gasteiger partial charge in [-0.05, 0) is 31.0 Å². The van der Waals surface area contributed by atoms with Crippen molar-refractivity contribution in [1.29, 1.82) is 0 Å². The number of nitrogens with one attached hydrogen (secondary N) is 1. The van der Waals surface area contributed by atoms with Gasteiger partial charge in [0.15, 0.2) is 5.75 Å². The average Bonchev–Trinajstić information content (AvgIpc) is 3.53. The number of ether oxygens (including phenoxy) is 1. The lowest BCUT2D eigenvalue weighted by atomic mass is 10.0. The van der Waals surface area contributed by atoms with E-state index in [1.807, 2.05) is 53.4 Å². The SMILES string of the molecule is COc1c(C(=O)NC2CCN(CCO)CC2)sc2c1c(=O)n(CCn1cccc1)c1ccccc21. The van der Waals surface area contributed by atoms with E-state index in [9.17, 15) is 9.59 Å². The molecule has 4 heterocycles. The number of methoxy groups -OCH3 is 1. The lowest BCUT2D eigenvalue weighted by Gasteiger charge is -2.31. The summed E-state index contributed by atoms with van der Waals surface area (Å²) < 4.78 is 10.3. The standard InChI is InChI=1S/C26H30N4O4S/c1-34-22-21-23(35-24(22)25(32)27-18-8-12-29(13-9-18)16-17-31)19-6-2-3-7-20(19)30(26(21)33)15-14-28-10-4-5-11-28/h2-7,10-11,18,31H,8-9,12-17H2,1H3,(H,27,32). The number of carbonyl (C=O) groups is 1. The second-order valence-corrected chi connectivity index (χ2v) is 9.90. The molecule has 184 valence electrons. The molecule has 1 aromatic carbocycles. The van der Waals surface area contributed by atoms with Gasteiger partial charge >= 0.3 is 0 Å². The maximum absolute atomic E-state index is 13.7. The molecule has 1 aliphatic rings. The number of amides is 1. The number of benzene rings is 1. The first-order chi connectivity index (χ1) is 17.1. The maximum atomic E-state index is 13.7. The smallest absolute Gasteiger partial charge is 0.265 e. The number of aliphatic hydroxyl groups excluding tert-OH is 1. The van der Waals surface area contributed by atoms with Crippen LogP contribution in [0.3, 0.4) is 0 Å². The van der Waals surface area contributed by atoms with Gasteiger partial charge in [0.25, 0.3) is 11.5 Å². The highest BCUT2D eigenvalue weighted by molar-refractivity contribution is 7.22. The molecule has 8 nitrogen and oxygen atoms in total. The number of hydrogen-bond donors (Lipinski definition) is 2. The molecule has 5 rings (SSSR count). The summed E-state index contributed by atoms with van der Waals surface area (Å²) in [5.74, 6) is 0.150. The number of aryl methyl sites for hydroxylation is 2. The van der Waals surface area contributed by atoms with Crippen LogP contribution in [-0.4, -0.2) is 64.4 Å². The Kier molecular flexibility index (Phi) is 6.90. The Morgan fingerprint density at radius 1 is 1.11 bits per heavy atom. The first kappa shape index (κ1) is 23.6. The van der Waals surface area contributed by atoms with Crippen molar-refractivity contribution in [3.8, 4) is 5.75 Å². The second-order valence-electron chi connectivity index (χ2n) is 8.88. The van der Waals surface area contributed by atoms with Crippen LogP contribution >= 0.6 is 11.3 Å². The summed E-state index contributed by atoms with van der Waals surface area (Å²) in [6.45, 7) is 3.66. The quantitative estimate of drug-likeness (QED) is 0.393. The van der Waals surface area contributed by atoms with Crippen LogP contribution in [0.15, 0.2) is 53.6 Å². The summed E-state index contributed by atoms with van der Waals surface area (Å²) >= 11 is 1.32. The van der Waals surface area contributed by atoms with Crippen LogP contribution in [-0.2, 0) is 13.1 Å². The first-order valence-corrected chi connectivity index (χ1v) is 12.8. The lowest BCUT2D eigenvalue weighted by Crippen LogP contribution is -2.45. The van der Waals surface area contributed by atoms with E-state index in [1.54, 1.807) is 4.57 Å². The number of pyridine rings is 1. The number of para-hydroxylation sites is 1.